The van der Waals surface area contributed by atoms with Gasteiger partial charge in [-0.1, -0.05) is 0 Å². The molecule has 0 unspecified atom stereocenters. The summed E-state index contributed by atoms with van der Waals surface area (Å²) in [6, 6.07) is 4.79. The molecule has 0 aromatic heterocycles. The Bertz CT molecular complexity index is 665. The number of piperidine rings is 1. The van der Waals surface area contributed by atoms with E-state index in [-0.39, 0.29) is 35.5 Å². The predicted molar refractivity (Wildman–Crippen MR) is 111 cm³/mol. The van der Waals surface area contributed by atoms with Crippen molar-refractivity contribution < 1.29 is 19.1 Å². The fourth-order valence-electron chi connectivity index (χ4n) is 3.31. The Morgan fingerprint density at radius 3 is 2.04 bits per heavy atom. The van der Waals surface area contributed by atoms with Crippen molar-refractivity contribution in [3.05, 3.63) is 23.8 Å². The number of anilines is 2. The van der Waals surface area contributed by atoms with Crippen LogP contribution in [-0.2, 0) is 14.3 Å². The summed E-state index contributed by atoms with van der Waals surface area (Å²) in [7, 11) is 1.67. The number of amides is 3. The van der Waals surface area contributed by atoms with E-state index in [2.05, 4.69) is 21.3 Å². The number of hydrogen-bond acceptors (Lipinski definition) is 5. The van der Waals surface area contributed by atoms with E-state index in [1.807, 2.05) is 0 Å². The van der Waals surface area contributed by atoms with Crippen LogP contribution in [0.5, 0.6) is 0 Å². The molecule has 1 heterocycles. The molecule has 0 saturated carbocycles. The second kappa shape index (κ2) is 11.0. The molecular weight excluding hydrogens is 384 g/mol. The lowest BCUT2D eigenvalue weighted by Gasteiger charge is -2.37. The van der Waals surface area contributed by atoms with Gasteiger partial charge in [0.25, 0.3) is 5.91 Å². The Labute approximate surface area is 171 Å². The molecule has 1 aliphatic heterocycles. The molecule has 28 heavy (non-hydrogen) atoms. The molecule has 1 aromatic carbocycles. The molecule has 3 amide bonds. The van der Waals surface area contributed by atoms with Crippen LogP contribution < -0.4 is 21.3 Å². The minimum absolute atomic E-state index is 0. The van der Waals surface area contributed by atoms with Gasteiger partial charge in [0.2, 0.25) is 11.8 Å². The van der Waals surface area contributed by atoms with Crippen molar-refractivity contribution in [2.75, 3.05) is 44.0 Å². The van der Waals surface area contributed by atoms with Crippen LogP contribution in [-0.4, -0.2) is 51.1 Å². The number of nitrogens with one attached hydrogen (secondary N) is 4. The average Bonchev–Trinajstić information content (AvgIpc) is 2.59. The molecule has 1 aromatic rings. The van der Waals surface area contributed by atoms with Gasteiger partial charge in [-0.2, -0.15) is 0 Å². The van der Waals surface area contributed by atoms with Crippen LogP contribution in [0.15, 0.2) is 18.2 Å². The summed E-state index contributed by atoms with van der Waals surface area (Å²) in [6.45, 7) is 5.64. The molecule has 8 nitrogen and oxygen atoms in total. The second-order valence-corrected chi connectivity index (χ2v) is 7.03. The highest BCUT2D eigenvalue weighted by atomic mass is 35.5. The van der Waals surface area contributed by atoms with E-state index < -0.39 is 0 Å². The fourth-order valence-corrected chi connectivity index (χ4v) is 3.31. The smallest absolute Gasteiger partial charge is 0.251 e. The third-order valence-corrected chi connectivity index (χ3v) is 4.57. The molecule has 9 heteroatoms. The lowest BCUT2D eigenvalue weighted by molar-refractivity contribution is -0.115. The van der Waals surface area contributed by atoms with E-state index in [0.29, 0.717) is 30.1 Å². The van der Waals surface area contributed by atoms with Crippen molar-refractivity contribution in [3.63, 3.8) is 0 Å². The third kappa shape index (κ3) is 7.10. The summed E-state index contributed by atoms with van der Waals surface area (Å²) < 4.78 is 5.37. The van der Waals surface area contributed by atoms with Gasteiger partial charge < -0.3 is 26.0 Å². The highest BCUT2D eigenvalue weighted by Gasteiger charge is 2.32. The van der Waals surface area contributed by atoms with Gasteiger partial charge in [-0.25, -0.2) is 0 Å². The van der Waals surface area contributed by atoms with Gasteiger partial charge >= 0.3 is 0 Å². The zero-order valence-electron chi connectivity index (χ0n) is 16.5. The van der Waals surface area contributed by atoms with Crippen molar-refractivity contribution in [2.24, 2.45) is 5.41 Å². The van der Waals surface area contributed by atoms with Crippen LogP contribution in [0.4, 0.5) is 11.4 Å². The van der Waals surface area contributed by atoms with E-state index in [0.717, 1.165) is 25.9 Å². The summed E-state index contributed by atoms with van der Waals surface area (Å²) in [6.07, 6.45) is 1.84. The quantitative estimate of drug-likeness (QED) is 0.545. The highest BCUT2D eigenvalue weighted by molar-refractivity contribution is 5.99. The first-order valence-corrected chi connectivity index (χ1v) is 9.02. The van der Waals surface area contributed by atoms with Gasteiger partial charge in [-0.15, -0.1) is 12.4 Å². The SMILES string of the molecule is COCC1(CNC(=O)c2cc(NC(C)=O)cc(NC(C)=O)c2)CCNCC1.Cl. The zero-order chi connectivity index (χ0) is 19.9. The molecule has 2 rings (SSSR count). The van der Waals surface area contributed by atoms with Crippen LogP contribution >= 0.6 is 12.4 Å². The summed E-state index contributed by atoms with van der Waals surface area (Å²) >= 11 is 0. The maximum atomic E-state index is 12.7. The molecular formula is C19H29ClN4O4. The van der Waals surface area contributed by atoms with Crippen LogP contribution in [0.3, 0.4) is 0 Å². The Kier molecular flexibility index (Phi) is 9.37. The molecule has 1 fully saturated rings. The largest absolute Gasteiger partial charge is 0.384 e. The van der Waals surface area contributed by atoms with Crippen LogP contribution in [0, 0.1) is 5.41 Å². The average molecular weight is 413 g/mol. The van der Waals surface area contributed by atoms with Gasteiger partial charge in [-0.05, 0) is 44.1 Å². The molecule has 0 atom stereocenters. The van der Waals surface area contributed by atoms with Crippen LogP contribution in [0.2, 0.25) is 0 Å². The molecule has 156 valence electrons. The van der Waals surface area contributed by atoms with E-state index in [9.17, 15) is 14.4 Å². The van der Waals surface area contributed by atoms with Gasteiger partial charge in [0.1, 0.15) is 0 Å². The monoisotopic (exact) mass is 412 g/mol. The standard InChI is InChI=1S/C19H28N4O4.ClH/c1-13(24)22-16-8-15(9-17(10-16)23-14(2)25)18(26)21-11-19(12-27-3)4-6-20-7-5-19;/h8-10,20H,4-7,11-12H2,1-3H3,(H,21,26)(H,22,24)(H,23,25);1H. The lowest BCUT2D eigenvalue weighted by atomic mass is 9.79. The Morgan fingerprint density at radius 2 is 1.57 bits per heavy atom. The number of halogens is 1. The highest BCUT2D eigenvalue weighted by Crippen LogP contribution is 2.28. The Balaban J connectivity index is 0.00000392. The summed E-state index contributed by atoms with van der Waals surface area (Å²) in [5.41, 5.74) is 1.18. The number of benzene rings is 1. The molecule has 1 saturated heterocycles. The van der Waals surface area contributed by atoms with Crippen molar-refractivity contribution in [3.8, 4) is 0 Å². The zero-order valence-corrected chi connectivity index (χ0v) is 17.3. The summed E-state index contributed by atoms with van der Waals surface area (Å²) in [5.74, 6) is -0.770. The van der Waals surface area contributed by atoms with Crippen LogP contribution in [0.25, 0.3) is 0 Å². The number of rotatable bonds is 7. The lowest BCUT2D eigenvalue weighted by Crippen LogP contribution is -2.47. The predicted octanol–water partition coefficient (Wildman–Crippen LogP) is 1.77. The summed E-state index contributed by atoms with van der Waals surface area (Å²) in [5, 5.41) is 11.6. The number of carbonyl (C=O) groups excluding carboxylic acids is 3. The maximum Gasteiger partial charge on any atom is 0.251 e. The Hall–Kier alpha value is -2.16. The molecule has 0 bridgehead atoms. The first-order valence-electron chi connectivity index (χ1n) is 9.02. The van der Waals surface area contributed by atoms with Crippen molar-refractivity contribution in [1.82, 2.24) is 10.6 Å². The van der Waals surface area contributed by atoms with Gasteiger partial charge in [0, 0.05) is 49.9 Å². The summed E-state index contributed by atoms with van der Waals surface area (Å²) in [4.78, 5) is 35.4. The molecule has 4 N–H and O–H groups in total. The number of carbonyl (C=O) groups is 3. The van der Waals surface area contributed by atoms with Gasteiger partial charge in [0.15, 0.2) is 0 Å². The Morgan fingerprint density at radius 1 is 1.04 bits per heavy atom. The van der Waals surface area contributed by atoms with E-state index in [1.54, 1.807) is 25.3 Å². The number of methoxy groups -OCH3 is 1. The molecule has 0 aliphatic carbocycles. The van der Waals surface area contributed by atoms with Crippen molar-refractivity contribution in [2.45, 2.75) is 26.7 Å². The first-order chi connectivity index (χ1) is 12.8. The normalized spacial score (nSPS) is 15.1. The molecule has 1 aliphatic rings. The van der Waals surface area contributed by atoms with E-state index in [4.69, 9.17) is 4.74 Å². The third-order valence-electron chi connectivity index (χ3n) is 4.57. The van der Waals surface area contributed by atoms with Crippen molar-refractivity contribution >= 4 is 41.5 Å². The maximum absolute atomic E-state index is 12.7. The fraction of sp³-hybridized carbons (Fsp3) is 0.526. The number of ether oxygens (including phenoxy) is 1. The number of hydrogen-bond donors (Lipinski definition) is 4. The minimum atomic E-state index is -0.261. The molecule has 0 spiro atoms. The van der Waals surface area contributed by atoms with E-state index >= 15 is 0 Å². The van der Waals surface area contributed by atoms with Crippen LogP contribution in [0.1, 0.15) is 37.0 Å². The van der Waals surface area contributed by atoms with Gasteiger partial charge in [0.05, 0.1) is 6.61 Å². The minimum Gasteiger partial charge on any atom is -0.384 e. The van der Waals surface area contributed by atoms with E-state index in [1.165, 1.54) is 13.8 Å². The van der Waals surface area contributed by atoms with Gasteiger partial charge in [-0.3, -0.25) is 14.4 Å². The molecule has 0 radical (unpaired) electrons. The van der Waals surface area contributed by atoms with Crippen molar-refractivity contribution in [1.29, 1.82) is 0 Å². The topological polar surface area (TPSA) is 109 Å². The second-order valence-electron chi connectivity index (χ2n) is 7.03. The first kappa shape index (κ1) is 23.9.